The lowest BCUT2D eigenvalue weighted by Crippen LogP contribution is -2.44. The van der Waals surface area contributed by atoms with Gasteiger partial charge in [0.25, 0.3) is 0 Å². The molecule has 1 saturated heterocycles. The van der Waals surface area contributed by atoms with Gasteiger partial charge in [0.2, 0.25) is 0 Å². The van der Waals surface area contributed by atoms with Gasteiger partial charge >= 0.3 is 0 Å². The maximum Gasteiger partial charge on any atom is 0.139 e. The Morgan fingerprint density at radius 2 is 1.38 bits per heavy atom. The third-order valence-electron chi connectivity index (χ3n) is 6.17. The fourth-order valence-corrected chi connectivity index (χ4v) is 4.89. The lowest BCUT2D eigenvalue weighted by molar-refractivity contribution is -0.146. The predicted octanol–water partition coefficient (Wildman–Crippen LogP) is 5.05. The first-order valence-corrected chi connectivity index (χ1v) is 9.47. The summed E-state index contributed by atoms with van der Waals surface area (Å²) < 4.78 is 6.17. The average molecular weight is 292 g/mol. The summed E-state index contributed by atoms with van der Waals surface area (Å²) >= 11 is 0. The first kappa shape index (κ1) is 15.5. The fourth-order valence-electron chi connectivity index (χ4n) is 4.89. The lowest BCUT2D eigenvalue weighted by Gasteiger charge is -2.43. The minimum atomic E-state index is 0.0818. The van der Waals surface area contributed by atoms with Crippen molar-refractivity contribution in [2.75, 3.05) is 6.61 Å². The van der Waals surface area contributed by atoms with E-state index in [4.69, 9.17) is 4.74 Å². The number of Topliss-reactive ketones (excluding diaryl/α,β-unsaturated/α-hetero) is 1. The van der Waals surface area contributed by atoms with E-state index in [1.807, 2.05) is 0 Å². The SMILES string of the molecule is O=C(C1CCCCCCC1)C1CCOC2(CCCCC2)C1. The van der Waals surface area contributed by atoms with Crippen LogP contribution < -0.4 is 0 Å². The van der Waals surface area contributed by atoms with Gasteiger partial charge in [-0.25, -0.2) is 0 Å². The molecule has 1 heterocycles. The molecule has 3 aliphatic rings. The second kappa shape index (κ2) is 7.26. The monoisotopic (exact) mass is 292 g/mol. The van der Waals surface area contributed by atoms with Crippen LogP contribution in [0.25, 0.3) is 0 Å². The van der Waals surface area contributed by atoms with Gasteiger partial charge in [-0.3, -0.25) is 4.79 Å². The van der Waals surface area contributed by atoms with E-state index >= 15 is 0 Å². The molecule has 0 bridgehead atoms. The van der Waals surface area contributed by atoms with Crippen molar-refractivity contribution in [1.29, 1.82) is 0 Å². The van der Waals surface area contributed by atoms with Gasteiger partial charge in [0.05, 0.1) is 5.60 Å². The number of rotatable bonds is 2. The maximum absolute atomic E-state index is 13.0. The van der Waals surface area contributed by atoms with Gasteiger partial charge in [-0.1, -0.05) is 51.4 Å². The highest BCUT2D eigenvalue weighted by atomic mass is 16.5. The van der Waals surface area contributed by atoms with Crippen molar-refractivity contribution in [3.05, 3.63) is 0 Å². The molecule has 1 unspecified atom stereocenters. The van der Waals surface area contributed by atoms with Crippen LogP contribution in [0, 0.1) is 11.8 Å². The molecule has 0 aromatic carbocycles. The van der Waals surface area contributed by atoms with E-state index in [2.05, 4.69) is 0 Å². The molecule has 0 aromatic heterocycles. The van der Waals surface area contributed by atoms with Crippen LogP contribution in [0.2, 0.25) is 0 Å². The minimum absolute atomic E-state index is 0.0818. The van der Waals surface area contributed by atoms with Crippen LogP contribution in [0.1, 0.15) is 89.9 Å². The zero-order chi connectivity index (χ0) is 14.5. The number of hydrogen-bond acceptors (Lipinski definition) is 2. The molecule has 2 saturated carbocycles. The molecular formula is C19H32O2. The summed E-state index contributed by atoms with van der Waals surface area (Å²) in [5.74, 6) is 1.28. The van der Waals surface area contributed by atoms with Gasteiger partial charge in [-0.15, -0.1) is 0 Å². The minimum Gasteiger partial charge on any atom is -0.375 e. The van der Waals surface area contributed by atoms with Crippen molar-refractivity contribution < 1.29 is 9.53 Å². The van der Waals surface area contributed by atoms with Crippen LogP contribution in [-0.2, 0) is 9.53 Å². The maximum atomic E-state index is 13.0. The molecule has 0 N–H and O–H groups in total. The third kappa shape index (κ3) is 3.88. The van der Waals surface area contributed by atoms with Crippen molar-refractivity contribution in [2.45, 2.75) is 95.5 Å². The van der Waals surface area contributed by atoms with E-state index in [0.29, 0.717) is 17.6 Å². The van der Waals surface area contributed by atoms with Gasteiger partial charge in [0.1, 0.15) is 5.78 Å². The average Bonchev–Trinajstić information content (AvgIpc) is 2.47. The van der Waals surface area contributed by atoms with E-state index in [-0.39, 0.29) is 5.60 Å². The highest BCUT2D eigenvalue weighted by molar-refractivity contribution is 5.83. The molecule has 3 fully saturated rings. The summed E-state index contributed by atoms with van der Waals surface area (Å²) in [7, 11) is 0. The van der Waals surface area contributed by atoms with Crippen molar-refractivity contribution >= 4 is 5.78 Å². The first-order chi connectivity index (χ1) is 10.3. The Hall–Kier alpha value is -0.370. The Bertz CT molecular complexity index is 330. The summed E-state index contributed by atoms with van der Waals surface area (Å²) in [6.45, 7) is 0.823. The second-order valence-electron chi connectivity index (χ2n) is 7.73. The second-order valence-corrected chi connectivity index (χ2v) is 7.73. The molecule has 0 amide bonds. The van der Waals surface area contributed by atoms with Crippen molar-refractivity contribution in [3.63, 3.8) is 0 Å². The van der Waals surface area contributed by atoms with E-state index < -0.39 is 0 Å². The van der Waals surface area contributed by atoms with E-state index in [9.17, 15) is 4.79 Å². The van der Waals surface area contributed by atoms with E-state index in [1.54, 1.807) is 0 Å². The van der Waals surface area contributed by atoms with Gasteiger partial charge in [-0.2, -0.15) is 0 Å². The summed E-state index contributed by atoms with van der Waals surface area (Å²) in [6.07, 6.45) is 17.2. The molecule has 0 radical (unpaired) electrons. The molecule has 2 aliphatic carbocycles. The normalized spacial score (nSPS) is 31.5. The van der Waals surface area contributed by atoms with Crippen LogP contribution in [0.4, 0.5) is 0 Å². The Labute approximate surface area is 130 Å². The zero-order valence-electron chi connectivity index (χ0n) is 13.6. The topological polar surface area (TPSA) is 26.3 Å². The van der Waals surface area contributed by atoms with Gasteiger partial charge in [-0.05, 0) is 38.5 Å². The molecule has 1 aliphatic heterocycles. The number of ketones is 1. The van der Waals surface area contributed by atoms with Crippen LogP contribution in [-0.4, -0.2) is 18.0 Å². The smallest absolute Gasteiger partial charge is 0.139 e. The Balaban J connectivity index is 1.60. The number of hydrogen-bond donors (Lipinski definition) is 0. The Kier molecular flexibility index (Phi) is 5.37. The van der Waals surface area contributed by atoms with Crippen LogP contribution >= 0.6 is 0 Å². The standard InChI is InChI=1S/C19H32O2/c20-18(16-9-5-2-1-3-6-10-16)17-11-14-21-19(15-17)12-7-4-8-13-19/h16-17H,1-15H2. The summed E-state index contributed by atoms with van der Waals surface area (Å²) in [5, 5.41) is 0. The Morgan fingerprint density at radius 3 is 2.10 bits per heavy atom. The summed E-state index contributed by atoms with van der Waals surface area (Å²) in [6, 6.07) is 0. The number of ether oxygens (including phenoxy) is 1. The molecule has 2 heteroatoms. The quantitative estimate of drug-likeness (QED) is 0.712. The molecule has 2 nitrogen and oxygen atoms in total. The largest absolute Gasteiger partial charge is 0.375 e. The Morgan fingerprint density at radius 1 is 0.762 bits per heavy atom. The fraction of sp³-hybridized carbons (Fsp3) is 0.947. The van der Waals surface area contributed by atoms with E-state index in [1.165, 1.54) is 64.2 Å². The van der Waals surface area contributed by atoms with Crippen LogP contribution in [0.15, 0.2) is 0 Å². The molecule has 1 atom stereocenters. The number of carbonyl (C=O) groups is 1. The molecule has 3 rings (SSSR count). The van der Waals surface area contributed by atoms with E-state index in [0.717, 1.165) is 32.3 Å². The molecule has 1 spiro atoms. The molecule has 120 valence electrons. The highest BCUT2D eigenvalue weighted by Crippen LogP contribution is 2.42. The van der Waals surface area contributed by atoms with Crippen molar-refractivity contribution in [2.24, 2.45) is 11.8 Å². The van der Waals surface area contributed by atoms with Gasteiger partial charge in [0, 0.05) is 18.4 Å². The number of carbonyl (C=O) groups excluding carboxylic acids is 1. The van der Waals surface area contributed by atoms with Gasteiger partial charge in [0.15, 0.2) is 0 Å². The molecular weight excluding hydrogens is 260 g/mol. The summed E-state index contributed by atoms with van der Waals surface area (Å²) in [4.78, 5) is 13.0. The highest BCUT2D eigenvalue weighted by Gasteiger charge is 2.41. The predicted molar refractivity (Wildman–Crippen MR) is 85.3 cm³/mol. The third-order valence-corrected chi connectivity index (χ3v) is 6.17. The van der Waals surface area contributed by atoms with Gasteiger partial charge < -0.3 is 4.74 Å². The van der Waals surface area contributed by atoms with Crippen molar-refractivity contribution in [3.8, 4) is 0 Å². The zero-order valence-corrected chi connectivity index (χ0v) is 13.6. The molecule has 21 heavy (non-hydrogen) atoms. The first-order valence-electron chi connectivity index (χ1n) is 9.47. The lowest BCUT2D eigenvalue weighted by atomic mass is 9.72. The van der Waals surface area contributed by atoms with Crippen LogP contribution in [0.3, 0.4) is 0 Å². The van der Waals surface area contributed by atoms with Crippen molar-refractivity contribution in [1.82, 2.24) is 0 Å². The van der Waals surface area contributed by atoms with Crippen LogP contribution in [0.5, 0.6) is 0 Å². The molecule has 0 aromatic rings. The summed E-state index contributed by atoms with van der Waals surface area (Å²) in [5.41, 5.74) is 0.0818.